The average Bonchev–Trinajstić information content (AvgIpc) is 2.26. The van der Waals surface area contributed by atoms with Crippen molar-refractivity contribution in [3.63, 3.8) is 0 Å². The zero-order valence-electron chi connectivity index (χ0n) is 9.88. The van der Waals surface area contributed by atoms with Crippen LogP contribution in [0.3, 0.4) is 0 Å². The van der Waals surface area contributed by atoms with Gasteiger partial charge < -0.3 is 15.6 Å². The van der Waals surface area contributed by atoms with Gasteiger partial charge in [-0.1, -0.05) is 32.0 Å². The van der Waals surface area contributed by atoms with Crippen LogP contribution in [-0.4, -0.2) is 18.3 Å². The zero-order valence-corrected chi connectivity index (χ0v) is 10.7. The summed E-state index contributed by atoms with van der Waals surface area (Å²) in [5.74, 6) is 0.856. The van der Waals surface area contributed by atoms with Gasteiger partial charge in [0, 0.05) is 5.56 Å². The van der Waals surface area contributed by atoms with Crippen molar-refractivity contribution in [2.75, 3.05) is 7.11 Å². The lowest BCUT2D eigenvalue weighted by atomic mass is 9.94. The highest BCUT2D eigenvalue weighted by Gasteiger charge is 2.22. The van der Waals surface area contributed by atoms with Crippen molar-refractivity contribution >= 4 is 12.4 Å². The van der Waals surface area contributed by atoms with E-state index in [0.29, 0.717) is 0 Å². The fourth-order valence-electron chi connectivity index (χ4n) is 1.54. The van der Waals surface area contributed by atoms with Gasteiger partial charge in [0.1, 0.15) is 5.75 Å². The van der Waals surface area contributed by atoms with E-state index in [1.807, 2.05) is 38.1 Å². The van der Waals surface area contributed by atoms with Gasteiger partial charge in [0.25, 0.3) is 0 Å². The zero-order chi connectivity index (χ0) is 11.4. The van der Waals surface area contributed by atoms with Gasteiger partial charge in [-0.15, -0.1) is 12.4 Å². The number of ether oxygens (including phenoxy) is 1. The lowest BCUT2D eigenvalue weighted by Gasteiger charge is -2.23. The molecule has 0 unspecified atom stereocenters. The third-order valence-corrected chi connectivity index (χ3v) is 2.55. The molecule has 1 rings (SSSR count). The number of para-hydroxylation sites is 1. The van der Waals surface area contributed by atoms with Gasteiger partial charge in [0.15, 0.2) is 0 Å². The monoisotopic (exact) mass is 245 g/mol. The molecule has 0 saturated carbocycles. The normalized spacial score (nSPS) is 14.1. The van der Waals surface area contributed by atoms with E-state index < -0.39 is 12.1 Å². The number of halogens is 1. The minimum absolute atomic E-state index is 0. The van der Waals surface area contributed by atoms with Gasteiger partial charge >= 0.3 is 0 Å². The molecule has 4 heteroatoms. The summed E-state index contributed by atoms with van der Waals surface area (Å²) in [6, 6.07) is 7.11. The van der Waals surface area contributed by atoms with Gasteiger partial charge in [0.05, 0.1) is 19.3 Å². The third kappa shape index (κ3) is 3.37. The maximum atomic E-state index is 9.89. The highest BCUT2D eigenvalue weighted by Crippen LogP contribution is 2.27. The average molecular weight is 246 g/mol. The Hall–Kier alpha value is -0.770. The number of aliphatic hydroxyl groups excluding tert-OH is 1. The lowest BCUT2D eigenvalue weighted by Crippen LogP contribution is -2.30. The largest absolute Gasteiger partial charge is 0.496 e. The van der Waals surface area contributed by atoms with Crippen molar-refractivity contribution in [2.24, 2.45) is 11.7 Å². The second-order valence-corrected chi connectivity index (χ2v) is 4.00. The summed E-state index contributed by atoms with van der Waals surface area (Å²) in [6.45, 7) is 3.89. The molecule has 0 aliphatic rings. The van der Waals surface area contributed by atoms with Gasteiger partial charge in [-0.3, -0.25) is 0 Å². The number of benzene rings is 1. The summed E-state index contributed by atoms with van der Waals surface area (Å²) in [6.07, 6.45) is -0.554. The van der Waals surface area contributed by atoms with Crippen LogP contribution in [0.15, 0.2) is 24.3 Å². The Morgan fingerprint density at radius 1 is 1.25 bits per heavy atom. The van der Waals surface area contributed by atoms with E-state index in [9.17, 15) is 5.11 Å². The van der Waals surface area contributed by atoms with Crippen LogP contribution in [0.5, 0.6) is 5.75 Å². The summed E-state index contributed by atoms with van der Waals surface area (Å²) < 4.78 is 5.21. The van der Waals surface area contributed by atoms with Crippen LogP contribution >= 0.6 is 12.4 Å². The second kappa shape index (κ2) is 6.74. The summed E-state index contributed by atoms with van der Waals surface area (Å²) in [5.41, 5.74) is 6.83. The summed E-state index contributed by atoms with van der Waals surface area (Å²) >= 11 is 0. The van der Waals surface area contributed by atoms with Crippen molar-refractivity contribution in [2.45, 2.75) is 26.0 Å². The number of aliphatic hydroxyl groups is 1. The fraction of sp³-hybridized carbons (Fsp3) is 0.500. The first kappa shape index (κ1) is 15.2. The van der Waals surface area contributed by atoms with E-state index >= 15 is 0 Å². The molecule has 3 nitrogen and oxygen atoms in total. The molecule has 0 fully saturated rings. The van der Waals surface area contributed by atoms with Crippen LogP contribution in [-0.2, 0) is 0 Å². The predicted octanol–water partition coefficient (Wildman–Crippen LogP) is 2.13. The van der Waals surface area contributed by atoms with Crippen LogP contribution in [0.25, 0.3) is 0 Å². The number of hydrogen-bond donors (Lipinski definition) is 2. The van der Waals surface area contributed by atoms with E-state index in [1.54, 1.807) is 7.11 Å². The highest BCUT2D eigenvalue weighted by atomic mass is 35.5. The maximum absolute atomic E-state index is 9.89. The summed E-state index contributed by atoms with van der Waals surface area (Å²) in [7, 11) is 1.60. The van der Waals surface area contributed by atoms with Gasteiger partial charge in [-0.25, -0.2) is 0 Å². The smallest absolute Gasteiger partial charge is 0.123 e. The van der Waals surface area contributed by atoms with Crippen molar-refractivity contribution in [3.05, 3.63) is 29.8 Å². The van der Waals surface area contributed by atoms with Crippen LogP contribution in [0.1, 0.15) is 25.5 Å². The van der Waals surface area contributed by atoms with E-state index in [0.717, 1.165) is 11.3 Å². The van der Waals surface area contributed by atoms with E-state index in [1.165, 1.54) is 0 Å². The number of hydrogen-bond acceptors (Lipinski definition) is 3. The fourth-order valence-corrected chi connectivity index (χ4v) is 1.54. The number of nitrogens with two attached hydrogens (primary N) is 1. The molecule has 2 atom stereocenters. The van der Waals surface area contributed by atoms with Crippen LogP contribution in [0.4, 0.5) is 0 Å². The SMILES string of the molecule is COc1ccccc1[C@H](N)[C@H](O)C(C)C.Cl. The topological polar surface area (TPSA) is 55.5 Å². The van der Waals surface area contributed by atoms with Crippen molar-refractivity contribution in [3.8, 4) is 5.75 Å². The predicted molar refractivity (Wildman–Crippen MR) is 68.0 cm³/mol. The standard InChI is InChI=1S/C12H19NO2.ClH/c1-8(2)12(14)11(13)9-6-4-5-7-10(9)15-3;/h4-8,11-12,14H,13H2,1-3H3;1H/t11-,12+;/m0./s1. The Labute approximate surface area is 103 Å². The van der Waals surface area contributed by atoms with Crippen LogP contribution < -0.4 is 10.5 Å². The van der Waals surface area contributed by atoms with E-state index in [2.05, 4.69) is 0 Å². The molecule has 0 aromatic heterocycles. The number of rotatable bonds is 4. The highest BCUT2D eigenvalue weighted by molar-refractivity contribution is 5.85. The Morgan fingerprint density at radius 3 is 2.31 bits per heavy atom. The van der Waals surface area contributed by atoms with Crippen molar-refractivity contribution in [1.82, 2.24) is 0 Å². The molecular formula is C12H20ClNO2. The molecule has 0 radical (unpaired) electrons. The first-order chi connectivity index (χ1) is 7.07. The summed E-state index contributed by atoms with van der Waals surface area (Å²) in [4.78, 5) is 0. The van der Waals surface area contributed by atoms with E-state index in [4.69, 9.17) is 10.5 Å². The molecule has 3 N–H and O–H groups in total. The first-order valence-corrected chi connectivity index (χ1v) is 5.14. The molecule has 0 amide bonds. The summed E-state index contributed by atoms with van der Waals surface area (Å²) in [5, 5.41) is 9.89. The quantitative estimate of drug-likeness (QED) is 0.855. The molecule has 0 aliphatic heterocycles. The molecule has 0 bridgehead atoms. The first-order valence-electron chi connectivity index (χ1n) is 5.14. The van der Waals surface area contributed by atoms with Crippen LogP contribution in [0.2, 0.25) is 0 Å². The molecule has 92 valence electrons. The molecule has 0 spiro atoms. The molecule has 1 aromatic carbocycles. The molecule has 0 aliphatic carbocycles. The molecule has 16 heavy (non-hydrogen) atoms. The van der Waals surface area contributed by atoms with Crippen LogP contribution in [0, 0.1) is 5.92 Å². The Kier molecular flexibility index (Phi) is 6.41. The van der Waals surface area contributed by atoms with E-state index in [-0.39, 0.29) is 18.3 Å². The minimum atomic E-state index is -0.554. The molecule has 1 aromatic rings. The lowest BCUT2D eigenvalue weighted by molar-refractivity contribution is 0.0969. The molecule has 0 saturated heterocycles. The Balaban J connectivity index is 0.00000225. The second-order valence-electron chi connectivity index (χ2n) is 4.00. The van der Waals surface area contributed by atoms with Gasteiger partial charge in [-0.05, 0) is 12.0 Å². The molecular weight excluding hydrogens is 226 g/mol. The Morgan fingerprint density at radius 2 is 1.81 bits per heavy atom. The molecule has 0 heterocycles. The maximum Gasteiger partial charge on any atom is 0.123 e. The van der Waals surface area contributed by atoms with Crippen molar-refractivity contribution < 1.29 is 9.84 Å². The van der Waals surface area contributed by atoms with Gasteiger partial charge in [-0.2, -0.15) is 0 Å². The Bertz CT molecular complexity index is 318. The third-order valence-electron chi connectivity index (χ3n) is 2.55. The minimum Gasteiger partial charge on any atom is -0.496 e. The van der Waals surface area contributed by atoms with Gasteiger partial charge in [0.2, 0.25) is 0 Å². The van der Waals surface area contributed by atoms with Crippen molar-refractivity contribution in [1.29, 1.82) is 0 Å². The number of methoxy groups -OCH3 is 1.